The van der Waals surface area contributed by atoms with Crippen molar-refractivity contribution in [3.8, 4) is 17.2 Å². The van der Waals surface area contributed by atoms with Gasteiger partial charge in [0.25, 0.3) is 5.91 Å². The summed E-state index contributed by atoms with van der Waals surface area (Å²) in [6.07, 6.45) is 0. The first-order valence-corrected chi connectivity index (χ1v) is 9.50. The van der Waals surface area contributed by atoms with Crippen LogP contribution in [0, 0.1) is 6.92 Å². The van der Waals surface area contributed by atoms with Crippen LogP contribution >= 0.6 is 0 Å². The Morgan fingerprint density at radius 3 is 2.68 bits per heavy atom. The van der Waals surface area contributed by atoms with E-state index in [4.69, 9.17) is 14.2 Å². The van der Waals surface area contributed by atoms with Crippen LogP contribution in [0.25, 0.3) is 5.69 Å². The predicted molar refractivity (Wildman–Crippen MR) is 109 cm³/mol. The summed E-state index contributed by atoms with van der Waals surface area (Å²) in [5.41, 5.74) is 1.09. The number of aryl methyl sites for hydroxylation is 1. The number of nitrogens with zero attached hydrogens (tertiary/aromatic N) is 2. The summed E-state index contributed by atoms with van der Waals surface area (Å²) >= 11 is 0. The fourth-order valence-corrected chi connectivity index (χ4v) is 3.02. The summed E-state index contributed by atoms with van der Waals surface area (Å²) in [6, 6.07) is 15.7. The first kappa shape index (κ1) is 20.1. The maximum absolute atomic E-state index is 12.4. The second-order valence-corrected chi connectivity index (χ2v) is 6.79. The Bertz CT molecular complexity index is 1190. The molecule has 9 heteroatoms. The lowest BCUT2D eigenvalue weighted by Gasteiger charge is -2.11. The van der Waals surface area contributed by atoms with E-state index < -0.39 is 29.6 Å². The Hall–Kier alpha value is -4.14. The maximum Gasteiger partial charge on any atom is 0.363 e. The molecule has 0 spiro atoms. The maximum atomic E-state index is 12.4. The van der Waals surface area contributed by atoms with Gasteiger partial charge in [-0.05, 0) is 36.8 Å². The second kappa shape index (κ2) is 8.70. The second-order valence-electron chi connectivity index (χ2n) is 6.79. The SMILES string of the molecule is Cc1cc(=O)c(C(=O)OCC(=O)NCc2ccc3c(c2)OCO3)nn1-c1ccccc1. The van der Waals surface area contributed by atoms with Gasteiger partial charge < -0.3 is 19.5 Å². The number of hydrogen-bond donors (Lipinski definition) is 1. The third kappa shape index (κ3) is 4.55. The molecule has 31 heavy (non-hydrogen) atoms. The van der Waals surface area contributed by atoms with Gasteiger partial charge in [-0.2, -0.15) is 5.10 Å². The van der Waals surface area contributed by atoms with Crippen molar-refractivity contribution in [1.82, 2.24) is 15.1 Å². The highest BCUT2D eigenvalue weighted by molar-refractivity contribution is 5.89. The van der Waals surface area contributed by atoms with E-state index in [0.717, 1.165) is 5.56 Å². The zero-order chi connectivity index (χ0) is 21.8. The Morgan fingerprint density at radius 1 is 1.10 bits per heavy atom. The number of fused-ring (bicyclic) bond motifs is 1. The van der Waals surface area contributed by atoms with Crippen molar-refractivity contribution in [2.45, 2.75) is 13.5 Å². The zero-order valence-corrected chi connectivity index (χ0v) is 16.7. The first-order chi connectivity index (χ1) is 15.0. The fraction of sp³-hybridized carbons (Fsp3) is 0.182. The number of esters is 1. The molecule has 0 atom stereocenters. The number of carbonyl (C=O) groups is 2. The van der Waals surface area contributed by atoms with Crippen LogP contribution < -0.4 is 20.2 Å². The number of nitrogens with one attached hydrogen (secondary N) is 1. The Morgan fingerprint density at radius 2 is 1.87 bits per heavy atom. The van der Waals surface area contributed by atoms with Gasteiger partial charge in [0.15, 0.2) is 18.1 Å². The predicted octanol–water partition coefficient (Wildman–Crippen LogP) is 1.74. The highest BCUT2D eigenvalue weighted by atomic mass is 16.7. The fourth-order valence-electron chi connectivity index (χ4n) is 3.02. The zero-order valence-electron chi connectivity index (χ0n) is 16.7. The highest BCUT2D eigenvalue weighted by Gasteiger charge is 2.18. The van der Waals surface area contributed by atoms with Crippen molar-refractivity contribution in [3.05, 3.63) is 81.8 Å². The van der Waals surface area contributed by atoms with Gasteiger partial charge in [-0.3, -0.25) is 9.59 Å². The van der Waals surface area contributed by atoms with Gasteiger partial charge in [0, 0.05) is 18.3 Å². The van der Waals surface area contributed by atoms with Crippen LogP contribution in [0.1, 0.15) is 21.7 Å². The van der Waals surface area contributed by atoms with Gasteiger partial charge in [-0.25, -0.2) is 9.48 Å². The number of para-hydroxylation sites is 1. The average molecular weight is 421 g/mol. The van der Waals surface area contributed by atoms with Crippen molar-refractivity contribution in [1.29, 1.82) is 0 Å². The smallest absolute Gasteiger partial charge is 0.363 e. The Kier molecular flexibility index (Phi) is 5.65. The van der Waals surface area contributed by atoms with Crippen LogP contribution in [0.3, 0.4) is 0 Å². The minimum Gasteiger partial charge on any atom is -0.454 e. The number of carbonyl (C=O) groups excluding carboxylic acids is 2. The molecule has 1 aliphatic rings. The van der Waals surface area contributed by atoms with Gasteiger partial charge in [0.2, 0.25) is 17.9 Å². The van der Waals surface area contributed by atoms with Crippen LogP contribution in [0.2, 0.25) is 0 Å². The van der Waals surface area contributed by atoms with E-state index in [1.54, 1.807) is 37.3 Å². The first-order valence-electron chi connectivity index (χ1n) is 9.50. The van der Waals surface area contributed by atoms with Crippen molar-refractivity contribution in [2.75, 3.05) is 13.4 Å². The van der Waals surface area contributed by atoms with Crippen molar-refractivity contribution >= 4 is 11.9 Å². The van der Waals surface area contributed by atoms with E-state index in [-0.39, 0.29) is 13.3 Å². The molecule has 0 radical (unpaired) electrons. The van der Waals surface area contributed by atoms with Crippen LogP contribution in [0.5, 0.6) is 11.5 Å². The van der Waals surface area contributed by atoms with Gasteiger partial charge in [-0.15, -0.1) is 0 Å². The third-order valence-electron chi connectivity index (χ3n) is 4.56. The molecule has 9 nitrogen and oxygen atoms in total. The van der Waals surface area contributed by atoms with Crippen molar-refractivity contribution in [3.63, 3.8) is 0 Å². The quantitative estimate of drug-likeness (QED) is 0.604. The molecule has 0 aliphatic carbocycles. The van der Waals surface area contributed by atoms with Crippen LogP contribution in [-0.4, -0.2) is 35.1 Å². The molecule has 4 rings (SSSR count). The number of ether oxygens (including phenoxy) is 3. The van der Waals surface area contributed by atoms with Crippen molar-refractivity contribution in [2.24, 2.45) is 0 Å². The molecular formula is C22H19N3O6. The number of amides is 1. The standard InChI is InChI=1S/C22H19N3O6/c1-14-9-17(26)21(24-25(14)16-5-3-2-4-6-16)22(28)29-12-20(27)23-11-15-7-8-18-19(10-15)31-13-30-18/h2-10H,11-13H2,1H3,(H,23,27). The molecule has 1 aliphatic heterocycles. The molecule has 1 aromatic heterocycles. The molecular weight excluding hydrogens is 402 g/mol. The lowest BCUT2D eigenvalue weighted by atomic mass is 10.2. The van der Waals surface area contributed by atoms with E-state index in [2.05, 4.69) is 10.4 Å². The van der Waals surface area contributed by atoms with Gasteiger partial charge in [0.1, 0.15) is 0 Å². The molecule has 0 fully saturated rings. The average Bonchev–Trinajstić information content (AvgIpc) is 3.24. The lowest BCUT2D eigenvalue weighted by Crippen LogP contribution is -2.30. The summed E-state index contributed by atoms with van der Waals surface area (Å²) in [5.74, 6) is -0.219. The largest absolute Gasteiger partial charge is 0.454 e. The molecule has 0 saturated carbocycles. The van der Waals surface area contributed by atoms with Gasteiger partial charge in [0.05, 0.1) is 5.69 Å². The molecule has 3 aromatic rings. The van der Waals surface area contributed by atoms with Gasteiger partial charge in [-0.1, -0.05) is 24.3 Å². The van der Waals surface area contributed by atoms with E-state index in [0.29, 0.717) is 22.9 Å². The van der Waals surface area contributed by atoms with Crippen LogP contribution in [0.15, 0.2) is 59.4 Å². The minimum absolute atomic E-state index is 0.167. The van der Waals surface area contributed by atoms with E-state index in [1.165, 1.54) is 10.7 Å². The molecule has 2 heterocycles. The topological polar surface area (TPSA) is 109 Å². The number of rotatable bonds is 6. The molecule has 0 bridgehead atoms. The molecule has 1 N–H and O–H groups in total. The summed E-state index contributed by atoms with van der Waals surface area (Å²) < 4.78 is 17.0. The monoisotopic (exact) mass is 421 g/mol. The number of hydrogen-bond acceptors (Lipinski definition) is 7. The van der Waals surface area contributed by atoms with Crippen molar-refractivity contribution < 1.29 is 23.8 Å². The van der Waals surface area contributed by atoms with E-state index in [1.807, 2.05) is 18.2 Å². The lowest BCUT2D eigenvalue weighted by molar-refractivity contribution is -0.124. The molecule has 2 aromatic carbocycles. The number of benzene rings is 2. The van der Waals surface area contributed by atoms with E-state index in [9.17, 15) is 14.4 Å². The molecule has 0 saturated heterocycles. The summed E-state index contributed by atoms with van der Waals surface area (Å²) in [5, 5.41) is 6.76. The third-order valence-corrected chi connectivity index (χ3v) is 4.56. The van der Waals surface area contributed by atoms with Crippen LogP contribution in [-0.2, 0) is 16.1 Å². The normalized spacial score (nSPS) is 11.8. The summed E-state index contributed by atoms with van der Waals surface area (Å²) in [6.45, 7) is 1.56. The molecule has 1 amide bonds. The summed E-state index contributed by atoms with van der Waals surface area (Å²) in [4.78, 5) is 36.6. The van der Waals surface area contributed by atoms with Gasteiger partial charge >= 0.3 is 5.97 Å². The highest BCUT2D eigenvalue weighted by Crippen LogP contribution is 2.32. The van der Waals surface area contributed by atoms with Crippen LogP contribution in [0.4, 0.5) is 0 Å². The summed E-state index contributed by atoms with van der Waals surface area (Å²) in [7, 11) is 0. The number of aromatic nitrogens is 2. The molecule has 158 valence electrons. The Labute approximate surface area is 177 Å². The minimum atomic E-state index is -0.965. The van der Waals surface area contributed by atoms with E-state index >= 15 is 0 Å². The Balaban J connectivity index is 1.37. The molecule has 0 unspecified atom stereocenters.